The zero-order valence-electron chi connectivity index (χ0n) is 30.3. The lowest BCUT2D eigenvalue weighted by atomic mass is 10.1. The molecular formula is C35H24F8N8O8S2. The Kier molecular flexibility index (Phi) is 11.8. The molecule has 16 nitrogen and oxygen atoms in total. The van der Waals surface area contributed by atoms with Crippen molar-refractivity contribution < 1.29 is 61.8 Å². The fourth-order valence-corrected chi connectivity index (χ4v) is 8.99. The molecule has 0 atom stereocenters. The summed E-state index contributed by atoms with van der Waals surface area (Å²) in [5.74, 6) is -1.96. The summed E-state index contributed by atoms with van der Waals surface area (Å²) < 4.78 is 166. The lowest BCUT2D eigenvalue weighted by Gasteiger charge is -2.13. The quantitative estimate of drug-likeness (QED) is 0.0447. The number of aryl methyl sites for hydroxylation is 2. The first-order chi connectivity index (χ1) is 28.5. The lowest BCUT2D eigenvalue weighted by molar-refractivity contribution is -0.388. The van der Waals surface area contributed by atoms with Crippen molar-refractivity contribution >= 4 is 31.0 Å². The molecule has 61 heavy (non-hydrogen) atoms. The van der Waals surface area contributed by atoms with Crippen molar-refractivity contribution in [2.75, 3.05) is 0 Å². The van der Waals surface area contributed by atoms with Gasteiger partial charge in [-0.1, -0.05) is 18.6 Å². The molecule has 6 rings (SSSR count). The molecule has 6 aromatic rings. The van der Waals surface area contributed by atoms with Crippen LogP contribution in [0.4, 0.5) is 46.5 Å². The van der Waals surface area contributed by atoms with Crippen molar-refractivity contribution in [3.8, 4) is 11.4 Å². The third-order valence-corrected chi connectivity index (χ3v) is 12.2. The molecule has 0 aliphatic carbocycles. The summed E-state index contributed by atoms with van der Waals surface area (Å²) in [7, 11) is -10.2. The maximum absolute atomic E-state index is 14.4. The maximum Gasteiger partial charge on any atom is 0.416 e. The van der Waals surface area contributed by atoms with Crippen molar-refractivity contribution in [2.45, 2.75) is 64.6 Å². The van der Waals surface area contributed by atoms with Crippen LogP contribution in [-0.4, -0.2) is 56.2 Å². The van der Waals surface area contributed by atoms with Crippen LogP contribution in [-0.2, 0) is 44.9 Å². The van der Waals surface area contributed by atoms with Crippen LogP contribution in [0, 0.1) is 31.9 Å². The van der Waals surface area contributed by atoms with Crippen molar-refractivity contribution in [1.29, 1.82) is 0 Å². The molecule has 2 heterocycles. The second-order valence-corrected chi connectivity index (χ2v) is 16.5. The average Bonchev–Trinajstić information content (AvgIpc) is 3.82. The summed E-state index contributed by atoms with van der Waals surface area (Å²) in [5, 5.41) is 36.7. The highest BCUT2D eigenvalue weighted by atomic mass is 32.2. The highest BCUT2D eigenvalue weighted by molar-refractivity contribution is 7.91. The third kappa shape index (κ3) is 8.93. The lowest BCUT2D eigenvalue weighted by Crippen LogP contribution is -2.15. The number of benzene rings is 4. The van der Waals surface area contributed by atoms with E-state index in [1.54, 1.807) is 0 Å². The second kappa shape index (κ2) is 16.4. The van der Waals surface area contributed by atoms with Gasteiger partial charge in [-0.25, -0.2) is 25.6 Å². The molecule has 26 heteroatoms. The van der Waals surface area contributed by atoms with Gasteiger partial charge in [0.05, 0.1) is 32.3 Å². The fraction of sp³-hybridized carbons (Fsp3) is 0.200. The fourth-order valence-electron chi connectivity index (χ4n) is 6.09. The van der Waals surface area contributed by atoms with Crippen LogP contribution in [0.25, 0.3) is 11.4 Å². The van der Waals surface area contributed by atoms with E-state index in [1.165, 1.54) is 24.3 Å². The largest absolute Gasteiger partial charge is 0.416 e. The first kappa shape index (κ1) is 43.9. The number of halogens is 8. The molecule has 2 aromatic heterocycles. The maximum atomic E-state index is 14.4. The monoisotopic (exact) mass is 900 g/mol. The predicted octanol–water partition coefficient (Wildman–Crippen LogP) is 7.60. The number of nitro benzene ring substituents is 2. The van der Waals surface area contributed by atoms with Crippen LogP contribution >= 0.6 is 0 Å². The van der Waals surface area contributed by atoms with E-state index in [0.29, 0.717) is 24.3 Å². The molecule has 0 spiro atoms. The Balaban J connectivity index is 1.29. The molecule has 0 amide bonds. The Bertz CT molecular complexity index is 2720. The van der Waals surface area contributed by atoms with Gasteiger partial charge in [0.2, 0.25) is 19.7 Å². The molecule has 0 unspecified atom stereocenters. The summed E-state index contributed by atoms with van der Waals surface area (Å²) in [6, 6.07) is 10.2. The molecule has 4 aromatic carbocycles. The minimum Gasteiger partial charge on any atom is -0.269 e. The molecule has 0 saturated heterocycles. The molecule has 0 aliphatic heterocycles. The molecule has 0 N–H and O–H groups in total. The standard InChI is InChI=1S/C35H24F8N8O8S2/c36-22-6-4-8-24(18-22)48-30(44-46-32(48)60(56,57)28-14-12-20(34(38,39)40)16-26(28)50(52)53)10-2-1-3-11-31-45-47-33(49(31)25-9-5-7-23(37)19-25)61(58,59)29-15-13-21(35(41,42)43)17-27(29)51(54)55/h4-9,12-19H,1-3,10-11H2. The van der Waals surface area contributed by atoms with Crippen molar-refractivity contribution in [1.82, 2.24) is 29.5 Å². The summed E-state index contributed by atoms with van der Waals surface area (Å²) in [6.45, 7) is 0. The highest BCUT2D eigenvalue weighted by Gasteiger charge is 2.40. The zero-order valence-corrected chi connectivity index (χ0v) is 31.9. The van der Waals surface area contributed by atoms with E-state index >= 15 is 0 Å². The first-order valence-electron chi connectivity index (χ1n) is 17.1. The predicted molar refractivity (Wildman–Crippen MR) is 191 cm³/mol. The number of rotatable bonds is 14. The minimum absolute atomic E-state index is 0.0444. The van der Waals surface area contributed by atoms with E-state index in [0.717, 1.165) is 33.4 Å². The Labute approximate surface area is 337 Å². The third-order valence-electron chi connectivity index (χ3n) is 8.86. The van der Waals surface area contributed by atoms with E-state index in [9.17, 15) is 72.2 Å². The van der Waals surface area contributed by atoms with Gasteiger partial charge in [0, 0.05) is 25.0 Å². The van der Waals surface area contributed by atoms with Crippen LogP contribution in [0.3, 0.4) is 0 Å². The van der Waals surface area contributed by atoms with Gasteiger partial charge < -0.3 is 0 Å². The average molecular weight is 901 g/mol. The summed E-state index contributed by atoms with van der Waals surface area (Å²) >= 11 is 0. The Hall–Kier alpha value is -6.70. The molecule has 0 aliphatic rings. The minimum atomic E-state index is -5.12. The van der Waals surface area contributed by atoms with Crippen LogP contribution in [0.15, 0.2) is 105 Å². The Morgan fingerprint density at radius 1 is 0.541 bits per heavy atom. The van der Waals surface area contributed by atoms with E-state index in [2.05, 4.69) is 20.4 Å². The number of aromatic nitrogens is 6. The topological polar surface area (TPSA) is 216 Å². The van der Waals surface area contributed by atoms with E-state index in [4.69, 9.17) is 0 Å². The second-order valence-electron chi connectivity index (χ2n) is 12.9. The van der Waals surface area contributed by atoms with Gasteiger partial charge in [-0.3, -0.25) is 29.4 Å². The molecule has 320 valence electrons. The van der Waals surface area contributed by atoms with Crippen LogP contribution < -0.4 is 0 Å². The number of sulfone groups is 2. The summed E-state index contributed by atoms with van der Waals surface area (Å²) in [5.41, 5.74) is -6.16. The molecule has 0 bridgehead atoms. The summed E-state index contributed by atoms with van der Waals surface area (Å²) in [6.07, 6.45) is -9.91. The van der Waals surface area contributed by atoms with Gasteiger partial charge >= 0.3 is 12.4 Å². The number of alkyl halides is 6. The Morgan fingerprint density at radius 2 is 0.918 bits per heavy atom. The van der Waals surface area contributed by atoms with Crippen molar-refractivity contribution in [3.63, 3.8) is 0 Å². The number of hydrogen-bond acceptors (Lipinski definition) is 12. The van der Waals surface area contributed by atoms with E-state index < -0.39 is 96.1 Å². The van der Waals surface area contributed by atoms with Gasteiger partial charge in [-0.05, 0) is 73.5 Å². The number of nitro groups is 2. The first-order valence-corrected chi connectivity index (χ1v) is 20.1. The van der Waals surface area contributed by atoms with Crippen molar-refractivity contribution in [3.05, 3.63) is 140 Å². The van der Waals surface area contributed by atoms with Gasteiger partial charge in [-0.15, -0.1) is 20.4 Å². The van der Waals surface area contributed by atoms with Gasteiger partial charge in [-0.2, -0.15) is 26.3 Å². The van der Waals surface area contributed by atoms with Crippen LogP contribution in [0.2, 0.25) is 0 Å². The number of hydrogen-bond donors (Lipinski definition) is 0. The molecule has 0 saturated carbocycles. The van der Waals surface area contributed by atoms with Gasteiger partial charge in [0.1, 0.15) is 23.3 Å². The Morgan fingerprint density at radius 3 is 1.25 bits per heavy atom. The molecule has 0 radical (unpaired) electrons. The number of nitrogens with zero attached hydrogens (tertiary/aromatic N) is 8. The number of unbranched alkanes of at least 4 members (excludes halogenated alkanes) is 2. The normalized spacial score (nSPS) is 12.5. The van der Waals surface area contributed by atoms with Crippen LogP contribution in [0.5, 0.6) is 0 Å². The smallest absolute Gasteiger partial charge is 0.269 e. The van der Waals surface area contributed by atoms with E-state index in [-0.39, 0.29) is 67.3 Å². The molecule has 0 fully saturated rings. The van der Waals surface area contributed by atoms with E-state index in [1.807, 2.05) is 0 Å². The molecular weight excluding hydrogens is 877 g/mol. The zero-order chi connectivity index (χ0) is 44.7. The van der Waals surface area contributed by atoms with Crippen LogP contribution in [0.1, 0.15) is 42.0 Å². The van der Waals surface area contributed by atoms with Gasteiger partial charge in [0.25, 0.3) is 21.7 Å². The summed E-state index contributed by atoms with van der Waals surface area (Å²) in [4.78, 5) is 18.6. The highest BCUT2D eigenvalue weighted by Crippen LogP contribution is 2.38. The van der Waals surface area contributed by atoms with Crippen molar-refractivity contribution in [2.24, 2.45) is 0 Å². The van der Waals surface area contributed by atoms with Gasteiger partial charge in [0.15, 0.2) is 9.79 Å². The SMILES string of the molecule is O=[N+]([O-])c1cc(C(F)(F)F)ccc1S(=O)(=O)c1nnc(CCCCCc2nnc(S(=O)(=O)c3ccc(C(F)(F)F)cc3[N+](=O)[O-])n2-c2cccc(F)c2)n1-c1cccc(F)c1.